The quantitative estimate of drug-likeness (QED) is 0.680. The standard InChI is InChI=1S/C18H27N3/c19-17-6-8-18(9-7-17)21-14-12-20(13-15-21)11-10-16-4-2-1-3-5-16/h4,6-9H,1-3,5,10-15,19H2. The van der Waals surface area contributed by atoms with Gasteiger partial charge >= 0.3 is 0 Å². The fraction of sp³-hybridized carbons (Fsp3) is 0.556. The lowest BCUT2D eigenvalue weighted by Crippen LogP contribution is -2.46. The van der Waals surface area contributed by atoms with Gasteiger partial charge in [-0.15, -0.1) is 0 Å². The predicted octanol–water partition coefficient (Wildman–Crippen LogP) is 3.28. The van der Waals surface area contributed by atoms with E-state index in [-0.39, 0.29) is 0 Å². The number of nitrogens with two attached hydrogens (primary N) is 1. The van der Waals surface area contributed by atoms with Gasteiger partial charge in [0.15, 0.2) is 0 Å². The summed E-state index contributed by atoms with van der Waals surface area (Å²) in [6.45, 7) is 5.85. The number of nitrogens with zero attached hydrogens (tertiary/aromatic N) is 2. The van der Waals surface area contributed by atoms with Gasteiger partial charge in [0.05, 0.1) is 0 Å². The van der Waals surface area contributed by atoms with Gasteiger partial charge in [-0.1, -0.05) is 11.6 Å². The zero-order chi connectivity index (χ0) is 14.5. The van der Waals surface area contributed by atoms with E-state index in [4.69, 9.17) is 5.73 Å². The van der Waals surface area contributed by atoms with E-state index >= 15 is 0 Å². The van der Waals surface area contributed by atoms with Crippen LogP contribution in [0.2, 0.25) is 0 Å². The Morgan fingerprint density at radius 3 is 2.38 bits per heavy atom. The Morgan fingerprint density at radius 2 is 1.71 bits per heavy atom. The molecule has 3 nitrogen and oxygen atoms in total. The Labute approximate surface area is 128 Å². The third-order valence-electron chi connectivity index (χ3n) is 4.76. The van der Waals surface area contributed by atoms with Gasteiger partial charge in [0.2, 0.25) is 0 Å². The number of hydrogen-bond donors (Lipinski definition) is 1. The fourth-order valence-corrected chi connectivity index (χ4v) is 3.35. The average Bonchev–Trinajstić information content (AvgIpc) is 2.55. The molecule has 0 saturated carbocycles. The second kappa shape index (κ2) is 6.99. The van der Waals surface area contributed by atoms with Crippen molar-refractivity contribution in [3.63, 3.8) is 0 Å². The summed E-state index contributed by atoms with van der Waals surface area (Å²) in [6, 6.07) is 8.27. The molecule has 21 heavy (non-hydrogen) atoms. The van der Waals surface area contributed by atoms with Crippen molar-refractivity contribution in [1.29, 1.82) is 0 Å². The molecule has 1 saturated heterocycles. The lowest BCUT2D eigenvalue weighted by Gasteiger charge is -2.36. The molecular weight excluding hydrogens is 258 g/mol. The van der Waals surface area contributed by atoms with Crippen LogP contribution >= 0.6 is 0 Å². The van der Waals surface area contributed by atoms with Gasteiger partial charge in [0.1, 0.15) is 0 Å². The highest BCUT2D eigenvalue weighted by Gasteiger charge is 2.17. The summed E-state index contributed by atoms with van der Waals surface area (Å²) in [5, 5.41) is 0. The summed E-state index contributed by atoms with van der Waals surface area (Å²) in [7, 11) is 0. The maximum atomic E-state index is 5.76. The minimum absolute atomic E-state index is 0.846. The zero-order valence-electron chi connectivity index (χ0n) is 12.9. The third kappa shape index (κ3) is 4.01. The maximum Gasteiger partial charge on any atom is 0.0368 e. The Hall–Kier alpha value is -1.48. The number of anilines is 2. The van der Waals surface area contributed by atoms with Gasteiger partial charge < -0.3 is 10.6 Å². The Balaban J connectivity index is 1.44. The number of benzene rings is 1. The first-order valence-corrected chi connectivity index (χ1v) is 8.32. The highest BCUT2D eigenvalue weighted by atomic mass is 15.3. The lowest BCUT2D eigenvalue weighted by atomic mass is 9.97. The fourth-order valence-electron chi connectivity index (χ4n) is 3.35. The summed E-state index contributed by atoms with van der Waals surface area (Å²) in [5.41, 5.74) is 9.60. The van der Waals surface area contributed by atoms with Gasteiger partial charge in [-0.25, -0.2) is 0 Å². The van der Waals surface area contributed by atoms with Crippen LogP contribution in [0.3, 0.4) is 0 Å². The molecule has 2 N–H and O–H groups in total. The topological polar surface area (TPSA) is 32.5 Å². The van der Waals surface area contributed by atoms with Crippen molar-refractivity contribution in [2.45, 2.75) is 32.1 Å². The molecule has 0 aromatic heterocycles. The molecule has 0 unspecified atom stereocenters. The number of nitrogen functional groups attached to an aromatic ring is 1. The van der Waals surface area contributed by atoms with E-state index in [2.05, 4.69) is 28.0 Å². The Kier molecular flexibility index (Phi) is 4.81. The first-order chi connectivity index (χ1) is 10.3. The predicted molar refractivity (Wildman–Crippen MR) is 90.7 cm³/mol. The van der Waals surface area contributed by atoms with Crippen LogP contribution in [-0.4, -0.2) is 37.6 Å². The van der Waals surface area contributed by atoms with E-state index in [1.807, 2.05) is 12.1 Å². The molecule has 1 heterocycles. The van der Waals surface area contributed by atoms with E-state index < -0.39 is 0 Å². The summed E-state index contributed by atoms with van der Waals surface area (Å²) >= 11 is 0. The summed E-state index contributed by atoms with van der Waals surface area (Å²) in [4.78, 5) is 5.08. The largest absolute Gasteiger partial charge is 0.399 e. The van der Waals surface area contributed by atoms with Gasteiger partial charge in [0, 0.05) is 44.1 Å². The van der Waals surface area contributed by atoms with Crippen LogP contribution in [-0.2, 0) is 0 Å². The first-order valence-electron chi connectivity index (χ1n) is 8.32. The van der Waals surface area contributed by atoms with E-state index in [0.29, 0.717) is 0 Å². The van der Waals surface area contributed by atoms with Crippen molar-refractivity contribution in [1.82, 2.24) is 4.90 Å². The van der Waals surface area contributed by atoms with Gasteiger partial charge in [-0.05, 0) is 56.4 Å². The second-order valence-electron chi connectivity index (χ2n) is 6.28. The van der Waals surface area contributed by atoms with Crippen molar-refractivity contribution < 1.29 is 0 Å². The monoisotopic (exact) mass is 285 g/mol. The van der Waals surface area contributed by atoms with Crippen LogP contribution in [0.5, 0.6) is 0 Å². The molecule has 0 amide bonds. The maximum absolute atomic E-state index is 5.76. The number of hydrogen-bond acceptors (Lipinski definition) is 3. The molecule has 0 bridgehead atoms. The first kappa shape index (κ1) is 14.5. The highest BCUT2D eigenvalue weighted by Crippen LogP contribution is 2.21. The summed E-state index contributed by atoms with van der Waals surface area (Å²) < 4.78 is 0. The number of allylic oxidation sites excluding steroid dienone is 1. The molecule has 1 aromatic carbocycles. The third-order valence-corrected chi connectivity index (χ3v) is 4.76. The van der Waals surface area contributed by atoms with Crippen molar-refractivity contribution in [3.8, 4) is 0 Å². The molecule has 3 rings (SSSR count). The minimum atomic E-state index is 0.846. The van der Waals surface area contributed by atoms with Crippen LogP contribution in [0.15, 0.2) is 35.9 Å². The van der Waals surface area contributed by atoms with Crippen LogP contribution in [0.1, 0.15) is 32.1 Å². The molecule has 1 fully saturated rings. The van der Waals surface area contributed by atoms with Crippen LogP contribution in [0.25, 0.3) is 0 Å². The molecule has 2 aliphatic rings. The van der Waals surface area contributed by atoms with Crippen LogP contribution in [0.4, 0.5) is 11.4 Å². The van der Waals surface area contributed by atoms with Gasteiger partial charge in [0.25, 0.3) is 0 Å². The normalized spacial score (nSPS) is 20.4. The van der Waals surface area contributed by atoms with Gasteiger partial charge in [-0.2, -0.15) is 0 Å². The molecular formula is C18H27N3. The molecule has 0 radical (unpaired) electrons. The summed E-state index contributed by atoms with van der Waals surface area (Å²) in [5.74, 6) is 0. The minimum Gasteiger partial charge on any atom is -0.399 e. The molecule has 1 aliphatic carbocycles. The number of rotatable bonds is 4. The van der Waals surface area contributed by atoms with Crippen LogP contribution < -0.4 is 10.6 Å². The van der Waals surface area contributed by atoms with E-state index in [0.717, 1.165) is 18.8 Å². The molecule has 3 heteroatoms. The van der Waals surface area contributed by atoms with Crippen LogP contribution in [0, 0.1) is 0 Å². The van der Waals surface area contributed by atoms with Gasteiger partial charge in [-0.3, -0.25) is 4.90 Å². The van der Waals surface area contributed by atoms with E-state index in [1.54, 1.807) is 5.57 Å². The van der Waals surface area contributed by atoms with E-state index in [9.17, 15) is 0 Å². The Bertz CT molecular complexity index is 470. The van der Waals surface area contributed by atoms with Crippen molar-refractivity contribution in [2.24, 2.45) is 0 Å². The second-order valence-corrected chi connectivity index (χ2v) is 6.28. The average molecular weight is 285 g/mol. The molecule has 0 atom stereocenters. The molecule has 114 valence electrons. The Morgan fingerprint density at radius 1 is 0.952 bits per heavy atom. The van der Waals surface area contributed by atoms with Crippen molar-refractivity contribution >= 4 is 11.4 Å². The summed E-state index contributed by atoms with van der Waals surface area (Å²) in [6.07, 6.45) is 9.20. The van der Waals surface area contributed by atoms with E-state index in [1.165, 1.54) is 57.4 Å². The molecule has 1 aliphatic heterocycles. The number of piperazine rings is 1. The SMILES string of the molecule is Nc1ccc(N2CCN(CCC3=CCCCC3)CC2)cc1. The zero-order valence-corrected chi connectivity index (χ0v) is 12.9. The molecule has 1 aromatic rings. The van der Waals surface area contributed by atoms with Crippen molar-refractivity contribution in [2.75, 3.05) is 43.4 Å². The highest BCUT2D eigenvalue weighted by molar-refractivity contribution is 5.53. The molecule has 0 spiro atoms. The smallest absolute Gasteiger partial charge is 0.0368 e. The van der Waals surface area contributed by atoms with Crippen molar-refractivity contribution in [3.05, 3.63) is 35.9 Å². The lowest BCUT2D eigenvalue weighted by molar-refractivity contribution is 0.259.